The third kappa shape index (κ3) is 2.95. The second-order valence-electron chi connectivity index (χ2n) is 7.78. The van der Waals surface area contributed by atoms with Crippen molar-refractivity contribution in [3.05, 3.63) is 11.3 Å². The predicted molar refractivity (Wildman–Crippen MR) is 106 cm³/mol. The first-order valence-corrected chi connectivity index (χ1v) is 10.3. The van der Waals surface area contributed by atoms with Crippen LogP contribution < -0.4 is 9.64 Å². The van der Waals surface area contributed by atoms with E-state index in [4.69, 9.17) is 14.2 Å². The highest BCUT2D eigenvalue weighted by molar-refractivity contribution is 5.93. The molecular formula is C20H24N6O3. The Labute approximate surface area is 167 Å². The number of carbonyl (C=O) groups is 1. The number of rotatable bonds is 5. The van der Waals surface area contributed by atoms with E-state index in [1.54, 1.807) is 0 Å². The molecule has 1 N–H and O–H groups in total. The number of nitrogens with one attached hydrogen (secondary N) is 1. The molecular weight excluding hydrogens is 372 g/mol. The maximum Gasteiger partial charge on any atom is 0.246 e. The van der Waals surface area contributed by atoms with Crippen molar-refractivity contribution in [3.63, 3.8) is 0 Å². The molecule has 1 aliphatic carbocycles. The second kappa shape index (κ2) is 7.13. The molecule has 0 spiro atoms. The maximum absolute atomic E-state index is 12.7. The van der Waals surface area contributed by atoms with Gasteiger partial charge in [0.05, 0.1) is 12.5 Å². The third-order valence-electron chi connectivity index (χ3n) is 5.83. The number of H-pyrrole nitrogens is 1. The molecule has 1 aliphatic heterocycles. The first-order valence-electron chi connectivity index (χ1n) is 10.3. The molecule has 0 unspecified atom stereocenters. The van der Waals surface area contributed by atoms with Gasteiger partial charge in [-0.25, -0.2) is 9.97 Å². The zero-order chi connectivity index (χ0) is 20.0. The molecule has 152 valence electrons. The van der Waals surface area contributed by atoms with Gasteiger partial charge in [0.25, 0.3) is 0 Å². The Bertz CT molecular complexity index is 1070. The summed E-state index contributed by atoms with van der Waals surface area (Å²) in [6.45, 7) is 3.33. The molecule has 9 nitrogen and oxygen atoms in total. The summed E-state index contributed by atoms with van der Waals surface area (Å²) in [6, 6.07) is 0. The molecule has 3 aromatic heterocycles. The van der Waals surface area contributed by atoms with Crippen molar-refractivity contribution < 1.29 is 14.1 Å². The Balaban J connectivity index is 1.57. The SMILES string of the molecule is CCCCC(=O)[C@H]1CCCc2c(-c3nc4c5c(n[nH]c5n3)OCCN4C)noc21. The minimum absolute atomic E-state index is 0.202. The summed E-state index contributed by atoms with van der Waals surface area (Å²) in [5.41, 5.74) is 2.20. The van der Waals surface area contributed by atoms with Crippen LogP contribution in [0, 0.1) is 0 Å². The zero-order valence-electron chi connectivity index (χ0n) is 16.7. The topological polar surface area (TPSA) is 110 Å². The van der Waals surface area contributed by atoms with E-state index in [1.807, 2.05) is 11.9 Å². The molecule has 29 heavy (non-hydrogen) atoms. The van der Waals surface area contributed by atoms with Gasteiger partial charge in [0.1, 0.15) is 23.6 Å². The lowest BCUT2D eigenvalue weighted by atomic mass is 9.83. The number of hydrogen-bond donors (Lipinski definition) is 1. The van der Waals surface area contributed by atoms with Gasteiger partial charge >= 0.3 is 0 Å². The zero-order valence-corrected chi connectivity index (χ0v) is 16.7. The summed E-state index contributed by atoms with van der Waals surface area (Å²) >= 11 is 0. The van der Waals surface area contributed by atoms with E-state index in [9.17, 15) is 4.79 Å². The molecule has 0 fully saturated rings. The number of aromatic amines is 1. The predicted octanol–water partition coefficient (Wildman–Crippen LogP) is 3.02. The van der Waals surface area contributed by atoms with Crippen molar-refractivity contribution in [1.82, 2.24) is 25.3 Å². The van der Waals surface area contributed by atoms with Crippen LogP contribution in [-0.4, -0.2) is 51.3 Å². The van der Waals surface area contributed by atoms with Crippen LogP contribution in [0.2, 0.25) is 0 Å². The molecule has 9 heteroatoms. The number of aromatic nitrogens is 5. The first kappa shape index (κ1) is 18.1. The van der Waals surface area contributed by atoms with Crippen molar-refractivity contribution in [3.8, 4) is 17.4 Å². The van der Waals surface area contributed by atoms with Gasteiger partial charge in [0.15, 0.2) is 22.9 Å². The van der Waals surface area contributed by atoms with Crippen LogP contribution >= 0.6 is 0 Å². The molecule has 0 bridgehead atoms. The number of carbonyl (C=O) groups excluding carboxylic acids is 1. The van der Waals surface area contributed by atoms with Gasteiger partial charge in [-0.2, -0.15) is 0 Å². The van der Waals surface area contributed by atoms with Gasteiger partial charge in [-0.1, -0.05) is 18.5 Å². The third-order valence-corrected chi connectivity index (χ3v) is 5.83. The fourth-order valence-electron chi connectivity index (χ4n) is 4.22. The van der Waals surface area contributed by atoms with Crippen LogP contribution in [-0.2, 0) is 11.2 Å². The van der Waals surface area contributed by atoms with E-state index in [-0.39, 0.29) is 11.7 Å². The van der Waals surface area contributed by atoms with Crippen molar-refractivity contribution in [2.75, 3.05) is 25.1 Å². The summed E-state index contributed by atoms with van der Waals surface area (Å²) in [4.78, 5) is 24.1. The molecule has 0 saturated heterocycles. The van der Waals surface area contributed by atoms with Crippen LogP contribution in [0.1, 0.15) is 56.3 Å². The minimum Gasteiger partial charge on any atom is -0.474 e. The molecule has 4 heterocycles. The number of Topliss-reactive ketones (excluding diaryl/α,β-unsaturated/α-hetero) is 1. The fourth-order valence-corrected chi connectivity index (χ4v) is 4.22. The second-order valence-corrected chi connectivity index (χ2v) is 7.78. The average Bonchev–Trinajstić information content (AvgIpc) is 3.31. The number of unbranched alkanes of at least 4 members (excludes halogenated alkanes) is 1. The average molecular weight is 396 g/mol. The van der Waals surface area contributed by atoms with Gasteiger partial charge in [0, 0.05) is 19.0 Å². The summed E-state index contributed by atoms with van der Waals surface area (Å²) in [6.07, 6.45) is 5.07. The molecule has 1 atom stereocenters. The molecule has 0 saturated carbocycles. The highest BCUT2D eigenvalue weighted by atomic mass is 16.5. The summed E-state index contributed by atoms with van der Waals surface area (Å²) in [5, 5.41) is 12.2. The van der Waals surface area contributed by atoms with E-state index in [0.717, 1.165) is 48.9 Å². The Morgan fingerprint density at radius 2 is 2.24 bits per heavy atom. The Morgan fingerprint density at radius 3 is 3.10 bits per heavy atom. The first-order chi connectivity index (χ1) is 14.2. The van der Waals surface area contributed by atoms with Crippen molar-refractivity contribution >= 4 is 22.6 Å². The number of fused-ring (bicyclic) bond motifs is 1. The molecule has 3 aromatic rings. The van der Waals surface area contributed by atoms with E-state index in [2.05, 4.69) is 27.3 Å². The minimum atomic E-state index is -0.202. The van der Waals surface area contributed by atoms with Gasteiger partial charge in [0.2, 0.25) is 5.88 Å². The van der Waals surface area contributed by atoms with E-state index in [1.165, 1.54) is 0 Å². The largest absolute Gasteiger partial charge is 0.474 e. The molecule has 2 aliphatic rings. The molecule has 0 amide bonds. The van der Waals surface area contributed by atoms with E-state index < -0.39 is 0 Å². The van der Waals surface area contributed by atoms with Gasteiger partial charge in [-0.3, -0.25) is 9.89 Å². The summed E-state index contributed by atoms with van der Waals surface area (Å²) in [5.74, 6) is 2.51. The van der Waals surface area contributed by atoms with Crippen LogP contribution in [0.5, 0.6) is 5.88 Å². The maximum atomic E-state index is 12.7. The van der Waals surface area contributed by atoms with Gasteiger partial charge < -0.3 is 14.2 Å². The normalized spacial score (nSPS) is 18.4. The lowest BCUT2D eigenvalue weighted by Gasteiger charge is -2.19. The van der Waals surface area contributed by atoms with Gasteiger partial charge in [-0.05, 0) is 25.7 Å². The number of ketones is 1. The smallest absolute Gasteiger partial charge is 0.246 e. The van der Waals surface area contributed by atoms with Gasteiger partial charge in [-0.15, -0.1) is 5.10 Å². The van der Waals surface area contributed by atoms with Crippen molar-refractivity contribution in [2.24, 2.45) is 0 Å². The highest BCUT2D eigenvalue weighted by Gasteiger charge is 2.34. The number of ether oxygens (including phenoxy) is 1. The molecule has 0 aromatic carbocycles. The Morgan fingerprint density at radius 1 is 1.34 bits per heavy atom. The Hall–Kier alpha value is -2.97. The number of anilines is 1. The van der Waals surface area contributed by atoms with E-state index >= 15 is 0 Å². The lowest BCUT2D eigenvalue weighted by Crippen LogP contribution is -2.23. The quantitative estimate of drug-likeness (QED) is 0.701. The van der Waals surface area contributed by atoms with Crippen molar-refractivity contribution in [1.29, 1.82) is 0 Å². The number of nitrogens with zero attached hydrogens (tertiary/aromatic N) is 5. The number of hydrogen-bond acceptors (Lipinski definition) is 8. The highest BCUT2D eigenvalue weighted by Crippen LogP contribution is 2.39. The fraction of sp³-hybridized carbons (Fsp3) is 0.550. The van der Waals surface area contributed by atoms with Crippen LogP contribution in [0.25, 0.3) is 22.6 Å². The van der Waals surface area contributed by atoms with Crippen LogP contribution in [0.15, 0.2) is 4.52 Å². The summed E-state index contributed by atoms with van der Waals surface area (Å²) in [7, 11) is 1.97. The monoisotopic (exact) mass is 396 g/mol. The lowest BCUT2D eigenvalue weighted by molar-refractivity contribution is -0.121. The van der Waals surface area contributed by atoms with E-state index in [0.29, 0.717) is 48.4 Å². The summed E-state index contributed by atoms with van der Waals surface area (Å²) < 4.78 is 11.4. The number of likely N-dealkylation sites (N-methyl/N-ethyl adjacent to an activating group) is 1. The van der Waals surface area contributed by atoms with Crippen LogP contribution in [0.4, 0.5) is 5.82 Å². The van der Waals surface area contributed by atoms with Crippen molar-refractivity contribution in [2.45, 2.75) is 51.4 Å². The molecule has 5 rings (SSSR count). The van der Waals surface area contributed by atoms with Crippen LogP contribution in [0.3, 0.4) is 0 Å². The standard InChI is InChI=1S/C20H24N6O3/c1-3-4-8-13(27)11-6-5-7-12-15(25-29-16(11)12)18-21-17-14-19(22-18)26(2)9-10-28-20(14)24-23-17/h11H,3-10H2,1-2H3,(H,21,22,23,24)/t11-/m1/s1. The molecule has 0 radical (unpaired) electrons. The Kier molecular flexibility index (Phi) is 4.44.